The third-order valence-corrected chi connectivity index (χ3v) is 3.05. The normalized spacial score (nSPS) is 15.9. The summed E-state index contributed by atoms with van der Waals surface area (Å²) < 4.78 is 0. The number of carboxylic acids is 1. The minimum atomic E-state index is -1.93. The first-order valence-corrected chi connectivity index (χ1v) is 5.10. The fraction of sp³-hybridized carbons (Fsp3) is 0.300. The lowest BCUT2D eigenvalue weighted by Crippen LogP contribution is -2.46. The Hall–Kier alpha value is -1.66. The number of nitrogens with two attached hydrogens (primary N) is 1. The third-order valence-electron chi connectivity index (χ3n) is 2.56. The number of nitro benzene ring substituents is 1. The Morgan fingerprint density at radius 2 is 2.00 bits per heavy atom. The highest BCUT2D eigenvalue weighted by molar-refractivity contribution is 6.33. The number of halogens is 1. The maximum atomic E-state index is 10.8. The number of rotatable bonds is 4. The molecule has 0 radical (unpaired) electrons. The van der Waals surface area contributed by atoms with Gasteiger partial charge in [0.15, 0.2) is 5.00 Å². The molecular weight excluding hydrogens is 248 g/mol. The summed E-state index contributed by atoms with van der Waals surface area (Å²) in [5, 5.41) is 19.3. The average molecular weight is 259 g/mol. The highest BCUT2D eigenvalue weighted by Crippen LogP contribution is 2.30. The molecule has 1 rings (SSSR count). The van der Waals surface area contributed by atoms with Gasteiger partial charge in [0.2, 0.25) is 0 Å². The summed E-state index contributed by atoms with van der Waals surface area (Å²) in [5.41, 5.74) is 5.91. The van der Waals surface area contributed by atoms with Crippen LogP contribution in [-0.2, 0) is 4.79 Å². The lowest BCUT2D eigenvalue weighted by Gasteiger charge is -2.24. The van der Waals surface area contributed by atoms with Gasteiger partial charge >= 0.3 is 5.97 Å². The van der Waals surface area contributed by atoms with Gasteiger partial charge in [0.1, 0.15) is 0 Å². The topological polar surface area (TPSA) is 106 Å². The van der Waals surface area contributed by atoms with Gasteiger partial charge < -0.3 is 10.8 Å². The molecule has 0 aliphatic rings. The molecule has 0 spiro atoms. The summed E-state index contributed by atoms with van der Waals surface area (Å²) in [6.45, 7) is 1.54. The molecule has 6 nitrogen and oxygen atoms in total. The molecule has 1 aromatic rings. The summed E-state index contributed by atoms with van der Waals surface area (Å²) in [7, 11) is 0. The van der Waals surface area contributed by atoms with Crippen LogP contribution in [0.1, 0.15) is 18.4 Å². The third kappa shape index (κ3) is 2.72. The van der Waals surface area contributed by atoms with E-state index < -0.39 is 21.8 Å². The number of hydrogen-bond donors (Lipinski definition) is 2. The number of carboxylic acid groups (broad SMARTS) is 1. The Labute approximate surface area is 102 Å². The first-order valence-electron chi connectivity index (χ1n) is 4.72. The lowest BCUT2D eigenvalue weighted by atomic mass is 9.93. The number of alkyl halides is 1. The van der Waals surface area contributed by atoms with E-state index >= 15 is 0 Å². The molecule has 0 bridgehead atoms. The average Bonchev–Trinajstić information content (AvgIpc) is 2.27. The Bertz CT molecular complexity index is 444. The maximum absolute atomic E-state index is 10.8. The fourth-order valence-electron chi connectivity index (χ4n) is 1.31. The van der Waals surface area contributed by atoms with Gasteiger partial charge in [-0.2, -0.15) is 0 Å². The maximum Gasteiger partial charge on any atom is 0.339 e. The van der Waals surface area contributed by atoms with E-state index in [9.17, 15) is 14.9 Å². The molecule has 0 aliphatic heterocycles. The highest BCUT2D eigenvalue weighted by atomic mass is 35.5. The lowest BCUT2D eigenvalue weighted by molar-refractivity contribution is -0.384. The van der Waals surface area contributed by atoms with E-state index in [0.717, 1.165) is 0 Å². The molecule has 17 heavy (non-hydrogen) atoms. The van der Waals surface area contributed by atoms with Crippen molar-refractivity contribution in [1.82, 2.24) is 0 Å². The minimum absolute atomic E-state index is 0.0755. The molecule has 0 saturated carbocycles. The standard InChI is InChI=1S/C10H11ClN2O4/c1-6(10(11,12)9(14)15)7-2-4-8(5-3-7)13(16)17/h2-6H,12H2,1H3,(H,14,15). The molecule has 2 atom stereocenters. The van der Waals surface area contributed by atoms with Crippen LogP contribution >= 0.6 is 11.6 Å². The zero-order chi connectivity index (χ0) is 13.2. The number of carbonyl (C=O) groups is 1. The van der Waals surface area contributed by atoms with E-state index in [1.165, 1.54) is 24.3 Å². The Kier molecular flexibility index (Phi) is 3.69. The first kappa shape index (κ1) is 13.4. The molecule has 7 heteroatoms. The van der Waals surface area contributed by atoms with Crippen LogP contribution in [0.5, 0.6) is 0 Å². The monoisotopic (exact) mass is 258 g/mol. The molecular formula is C10H11ClN2O4. The summed E-state index contributed by atoms with van der Waals surface area (Å²) in [5.74, 6) is -2.02. The van der Waals surface area contributed by atoms with Crippen LogP contribution in [0.15, 0.2) is 24.3 Å². The van der Waals surface area contributed by atoms with Gasteiger partial charge in [0, 0.05) is 18.1 Å². The Balaban J connectivity index is 3.02. The van der Waals surface area contributed by atoms with Gasteiger partial charge in [-0.3, -0.25) is 10.1 Å². The van der Waals surface area contributed by atoms with Crippen molar-refractivity contribution >= 4 is 23.3 Å². The highest BCUT2D eigenvalue weighted by Gasteiger charge is 2.38. The van der Waals surface area contributed by atoms with Crippen LogP contribution < -0.4 is 5.73 Å². The van der Waals surface area contributed by atoms with E-state index in [4.69, 9.17) is 22.4 Å². The van der Waals surface area contributed by atoms with Crippen LogP contribution in [0.2, 0.25) is 0 Å². The number of hydrogen-bond acceptors (Lipinski definition) is 4. The molecule has 92 valence electrons. The second-order valence-corrected chi connectivity index (χ2v) is 4.27. The van der Waals surface area contributed by atoms with Crippen LogP contribution in [0, 0.1) is 10.1 Å². The number of benzene rings is 1. The second kappa shape index (κ2) is 4.68. The van der Waals surface area contributed by atoms with E-state index in [-0.39, 0.29) is 5.69 Å². The van der Waals surface area contributed by atoms with Crippen molar-refractivity contribution in [3.05, 3.63) is 39.9 Å². The molecule has 0 heterocycles. The van der Waals surface area contributed by atoms with Gasteiger partial charge in [0.25, 0.3) is 5.69 Å². The number of nitrogens with zero attached hydrogens (tertiary/aromatic N) is 1. The van der Waals surface area contributed by atoms with Crippen LogP contribution in [-0.4, -0.2) is 21.0 Å². The smallest absolute Gasteiger partial charge is 0.339 e. The summed E-state index contributed by atoms with van der Waals surface area (Å²) >= 11 is 5.70. The Morgan fingerprint density at radius 3 is 2.35 bits per heavy atom. The van der Waals surface area contributed by atoms with Gasteiger partial charge in [-0.1, -0.05) is 30.7 Å². The quantitative estimate of drug-likeness (QED) is 0.370. The van der Waals surface area contributed by atoms with Crippen molar-refractivity contribution in [2.24, 2.45) is 5.73 Å². The summed E-state index contributed by atoms with van der Waals surface area (Å²) in [6, 6.07) is 5.44. The molecule has 1 aromatic carbocycles. The molecule has 0 amide bonds. The van der Waals surface area contributed by atoms with Crippen molar-refractivity contribution in [3.63, 3.8) is 0 Å². The fourth-order valence-corrected chi connectivity index (χ4v) is 1.44. The molecule has 0 aliphatic carbocycles. The second-order valence-electron chi connectivity index (χ2n) is 3.64. The Morgan fingerprint density at radius 1 is 1.53 bits per heavy atom. The van der Waals surface area contributed by atoms with Crippen molar-refractivity contribution in [1.29, 1.82) is 0 Å². The van der Waals surface area contributed by atoms with Crippen molar-refractivity contribution in [3.8, 4) is 0 Å². The number of nitro groups is 1. The molecule has 0 saturated heterocycles. The molecule has 2 unspecified atom stereocenters. The van der Waals surface area contributed by atoms with Crippen molar-refractivity contribution < 1.29 is 14.8 Å². The first-order chi connectivity index (χ1) is 7.76. The molecule has 3 N–H and O–H groups in total. The predicted molar refractivity (Wildman–Crippen MR) is 61.9 cm³/mol. The van der Waals surface area contributed by atoms with Crippen LogP contribution in [0.25, 0.3) is 0 Å². The zero-order valence-electron chi connectivity index (χ0n) is 8.96. The van der Waals surface area contributed by atoms with Gasteiger partial charge in [-0.05, 0) is 5.56 Å². The van der Waals surface area contributed by atoms with Gasteiger partial charge in [-0.25, -0.2) is 4.79 Å². The van der Waals surface area contributed by atoms with Gasteiger partial charge in [0.05, 0.1) is 4.92 Å². The van der Waals surface area contributed by atoms with Crippen LogP contribution in [0.3, 0.4) is 0 Å². The number of non-ortho nitro benzene ring substituents is 1. The van der Waals surface area contributed by atoms with Gasteiger partial charge in [-0.15, -0.1) is 0 Å². The van der Waals surface area contributed by atoms with E-state index in [0.29, 0.717) is 5.56 Å². The zero-order valence-corrected chi connectivity index (χ0v) is 9.72. The van der Waals surface area contributed by atoms with E-state index in [2.05, 4.69) is 0 Å². The predicted octanol–water partition coefficient (Wildman–Crippen LogP) is 1.68. The summed E-state index contributed by atoms with van der Waals surface area (Å²) in [6.07, 6.45) is 0. The van der Waals surface area contributed by atoms with E-state index in [1.54, 1.807) is 6.92 Å². The SMILES string of the molecule is CC(c1ccc([N+](=O)[O-])cc1)C(N)(Cl)C(=O)O. The molecule has 0 aromatic heterocycles. The summed E-state index contributed by atoms with van der Waals surface area (Å²) in [4.78, 5) is 18.8. The van der Waals surface area contributed by atoms with Crippen LogP contribution in [0.4, 0.5) is 5.69 Å². The largest absolute Gasteiger partial charge is 0.479 e. The van der Waals surface area contributed by atoms with E-state index in [1.807, 2.05) is 0 Å². The van der Waals surface area contributed by atoms with Crippen molar-refractivity contribution in [2.75, 3.05) is 0 Å². The van der Waals surface area contributed by atoms with Crippen molar-refractivity contribution in [2.45, 2.75) is 17.8 Å². The minimum Gasteiger partial charge on any atom is -0.479 e. The number of aliphatic carboxylic acids is 1. The molecule has 0 fully saturated rings.